The lowest BCUT2D eigenvalue weighted by atomic mass is 10.3. The first-order chi connectivity index (χ1) is 4.93. The van der Waals surface area contributed by atoms with Crippen LogP contribution in [0.5, 0.6) is 0 Å². The van der Waals surface area contributed by atoms with E-state index in [1.165, 1.54) is 9.99 Å². The molecule has 56 valence electrons. The number of hydrogen-bond donors (Lipinski definition) is 1. The third-order valence-corrected chi connectivity index (χ3v) is 2.45. The molecule has 0 fully saturated rings. The van der Waals surface area contributed by atoms with E-state index in [0.29, 0.717) is 0 Å². The highest BCUT2D eigenvalue weighted by Crippen LogP contribution is 2.04. The van der Waals surface area contributed by atoms with E-state index in [9.17, 15) is 0 Å². The lowest BCUT2D eigenvalue weighted by Crippen LogP contribution is -2.14. The van der Waals surface area contributed by atoms with Gasteiger partial charge in [0.1, 0.15) is 0 Å². The molecule has 0 amide bonds. The van der Waals surface area contributed by atoms with Crippen molar-refractivity contribution in [3.05, 3.63) is 22.4 Å². The fraction of sp³-hybridized carbons (Fsp3) is 0.429. The topological polar surface area (TPSA) is 12.0 Å². The van der Waals surface area contributed by atoms with Gasteiger partial charge in [-0.1, -0.05) is 22.6 Å². The van der Waals surface area contributed by atoms with E-state index in [2.05, 4.69) is 44.7 Å². The lowest BCUT2D eigenvalue weighted by Gasteiger charge is -1.97. The van der Waals surface area contributed by atoms with Gasteiger partial charge in [0.2, 0.25) is 0 Å². The summed E-state index contributed by atoms with van der Waals surface area (Å²) in [6.45, 7) is 2.13. The van der Waals surface area contributed by atoms with Gasteiger partial charge in [0, 0.05) is 17.5 Å². The summed E-state index contributed by atoms with van der Waals surface area (Å²) in [6, 6.07) is 2.16. The second-order valence-electron chi connectivity index (χ2n) is 2.00. The average molecular weight is 267 g/mol. The zero-order valence-electron chi connectivity index (χ0n) is 5.64. The highest BCUT2D eigenvalue weighted by atomic mass is 127. The van der Waals surface area contributed by atoms with Gasteiger partial charge in [0.15, 0.2) is 0 Å². The molecule has 1 rings (SSSR count). The molecule has 0 atom stereocenters. The van der Waals surface area contributed by atoms with Crippen molar-refractivity contribution in [2.24, 2.45) is 0 Å². The first kappa shape index (κ1) is 8.49. The summed E-state index contributed by atoms with van der Waals surface area (Å²) in [5, 5.41) is 7.63. The van der Waals surface area contributed by atoms with Crippen molar-refractivity contribution in [1.82, 2.24) is 5.32 Å². The highest BCUT2D eigenvalue weighted by Gasteiger charge is 1.89. The standard InChI is InChI=1S/C7H10INS/c8-2-3-9-5-7-1-4-10-6-7/h1,4,6,9H,2-3,5H2. The first-order valence-corrected chi connectivity index (χ1v) is 5.68. The molecule has 0 saturated carbocycles. The van der Waals surface area contributed by atoms with Crippen molar-refractivity contribution in [1.29, 1.82) is 0 Å². The van der Waals surface area contributed by atoms with Gasteiger partial charge in [0.25, 0.3) is 0 Å². The maximum atomic E-state index is 3.34. The minimum absolute atomic E-state index is 1.02. The van der Waals surface area contributed by atoms with Crippen LogP contribution < -0.4 is 5.32 Å². The Kier molecular flexibility index (Phi) is 4.32. The molecule has 0 spiro atoms. The zero-order chi connectivity index (χ0) is 7.23. The Balaban J connectivity index is 2.15. The number of alkyl halides is 1. The first-order valence-electron chi connectivity index (χ1n) is 3.21. The van der Waals surface area contributed by atoms with E-state index in [1.807, 2.05) is 0 Å². The molecule has 0 saturated heterocycles. The van der Waals surface area contributed by atoms with E-state index >= 15 is 0 Å². The Morgan fingerprint density at radius 3 is 3.10 bits per heavy atom. The van der Waals surface area contributed by atoms with Crippen LogP contribution in [0.1, 0.15) is 5.56 Å². The third kappa shape index (κ3) is 2.98. The Morgan fingerprint density at radius 2 is 2.50 bits per heavy atom. The molecule has 3 heteroatoms. The van der Waals surface area contributed by atoms with Gasteiger partial charge in [-0.15, -0.1) is 0 Å². The summed E-state index contributed by atoms with van der Waals surface area (Å²) in [5.74, 6) is 0. The van der Waals surface area contributed by atoms with Crippen LogP contribution >= 0.6 is 33.9 Å². The van der Waals surface area contributed by atoms with Crippen molar-refractivity contribution in [3.63, 3.8) is 0 Å². The van der Waals surface area contributed by atoms with Crippen LogP contribution in [0.4, 0.5) is 0 Å². The summed E-state index contributed by atoms with van der Waals surface area (Å²) in [6.07, 6.45) is 0. The van der Waals surface area contributed by atoms with E-state index in [0.717, 1.165) is 13.1 Å². The molecule has 1 heterocycles. The van der Waals surface area contributed by atoms with Crippen LogP contribution in [0.3, 0.4) is 0 Å². The molecule has 1 nitrogen and oxygen atoms in total. The molecular formula is C7H10INS. The van der Waals surface area contributed by atoms with Crippen LogP contribution in [-0.2, 0) is 6.54 Å². The molecular weight excluding hydrogens is 257 g/mol. The predicted molar refractivity (Wildman–Crippen MR) is 54.9 cm³/mol. The second kappa shape index (κ2) is 5.09. The van der Waals surface area contributed by atoms with Crippen molar-refractivity contribution in [3.8, 4) is 0 Å². The summed E-state index contributed by atoms with van der Waals surface area (Å²) in [5.41, 5.74) is 1.40. The van der Waals surface area contributed by atoms with Gasteiger partial charge in [-0.2, -0.15) is 11.3 Å². The van der Waals surface area contributed by atoms with Crippen LogP contribution in [-0.4, -0.2) is 11.0 Å². The fourth-order valence-corrected chi connectivity index (χ4v) is 1.74. The van der Waals surface area contributed by atoms with E-state index < -0.39 is 0 Å². The Morgan fingerprint density at radius 1 is 1.60 bits per heavy atom. The van der Waals surface area contributed by atoms with Crippen molar-refractivity contribution < 1.29 is 0 Å². The van der Waals surface area contributed by atoms with E-state index in [-0.39, 0.29) is 0 Å². The van der Waals surface area contributed by atoms with E-state index in [1.54, 1.807) is 11.3 Å². The molecule has 0 aromatic carbocycles. The Hall–Kier alpha value is 0.390. The number of nitrogens with one attached hydrogen (secondary N) is 1. The largest absolute Gasteiger partial charge is 0.312 e. The monoisotopic (exact) mass is 267 g/mol. The van der Waals surface area contributed by atoms with Crippen LogP contribution in [0.2, 0.25) is 0 Å². The minimum atomic E-state index is 1.02. The second-order valence-corrected chi connectivity index (χ2v) is 3.86. The quantitative estimate of drug-likeness (QED) is 0.501. The average Bonchev–Trinajstić information content (AvgIpc) is 2.41. The molecule has 0 aliphatic rings. The summed E-state index contributed by atoms with van der Waals surface area (Å²) in [7, 11) is 0. The molecule has 1 N–H and O–H groups in total. The number of rotatable bonds is 4. The molecule has 1 aromatic rings. The van der Waals surface area contributed by atoms with Gasteiger partial charge in [-0.3, -0.25) is 0 Å². The SMILES string of the molecule is ICCNCc1ccsc1. The van der Waals surface area contributed by atoms with Gasteiger partial charge >= 0.3 is 0 Å². The van der Waals surface area contributed by atoms with Crippen molar-refractivity contribution in [2.45, 2.75) is 6.54 Å². The summed E-state index contributed by atoms with van der Waals surface area (Å²) >= 11 is 4.12. The molecule has 0 bridgehead atoms. The van der Waals surface area contributed by atoms with Gasteiger partial charge < -0.3 is 5.32 Å². The van der Waals surface area contributed by atoms with E-state index in [4.69, 9.17) is 0 Å². The Bertz CT molecular complexity index is 162. The fourth-order valence-electron chi connectivity index (χ4n) is 0.693. The molecule has 1 aromatic heterocycles. The molecule has 10 heavy (non-hydrogen) atoms. The van der Waals surface area contributed by atoms with Gasteiger partial charge in [-0.05, 0) is 22.4 Å². The maximum Gasteiger partial charge on any atom is 0.0214 e. The molecule has 0 radical (unpaired) electrons. The lowest BCUT2D eigenvalue weighted by molar-refractivity contribution is 0.739. The highest BCUT2D eigenvalue weighted by molar-refractivity contribution is 14.1. The molecule has 0 unspecified atom stereocenters. The number of halogens is 1. The van der Waals surface area contributed by atoms with Crippen LogP contribution in [0.15, 0.2) is 16.8 Å². The number of hydrogen-bond acceptors (Lipinski definition) is 2. The van der Waals surface area contributed by atoms with Crippen LogP contribution in [0.25, 0.3) is 0 Å². The normalized spacial score (nSPS) is 10.1. The number of thiophene rings is 1. The van der Waals surface area contributed by atoms with Gasteiger partial charge in [-0.25, -0.2) is 0 Å². The molecule has 0 aliphatic carbocycles. The van der Waals surface area contributed by atoms with Crippen molar-refractivity contribution >= 4 is 33.9 Å². The maximum absolute atomic E-state index is 3.34. The summed E-state index contributed by atoms with van der Waals surface area (Å²) < 4.78 is 1.18. The van der Waals surface area contributed by atoms with Crippen LogP contribution in [0, 0.1) is 0 Å². The predicted octanol–water partition coefficient (Wildman–Crippen LogP) is 2.27. The minimum Gasteiger partial charge on any atom is -0.312 e. The summed E-state index contributed by atoms with van der Waals surface area (Å²) in [4.78, 5) is 0. The third-order valence-electron chi connectivity index (χ3n) is 1.18. The zero-order valence-corrected chi connectivity index (χ0v) is 8.61. The Labute approximate surface area is 79.0 Å². The van der Waals surface area contributed by atoms with Gasteiger partial charge in [0.05, 0.1) is 0 Å². The smallest absolute Gasteiger partial charge is 0.0214 e. The molecule has 0 aliphatic heterocycles. The van der Waals surface area contributed by atoms with Crippen molar-refractivity contribution in [2.75, 3.05) is 11.0 Å².